The Balaban J connectivity index is 1.67. The molecule has 6 heteroatoms. The Hall–Kier alpha value is -3.09. The van der Waals surface area contributed by atoms with Gasteiger partial charge < -0.3 is 15.6 Å². The van der Waals surface area contributed by atoms with Crippen LogP contribution < -0.4 is 11.1 Å². The van der Waals surface area contributed by atoms with Crippen molar-refractivity contribution in [1.82, 2.24) is 19.9 Å². The molecular weight excluding hydrogens is 413 g/mol. The molecule has 0 amide bonds. The van der Waals surface area contributed by atoms with E-state index in [-0.39, 0.29) is 5.82 Å². The summed E-state index contributed by atoms with van der Waals surface area (Å²) in [7, 11) is 2.00. The summed E-state index contributed by atoms with van der Waals surface area (Å²) >= 11 is 0. The number of halogens is 1. The molecule has 0 aliphatic rings. The molecule has 0 atom stereocenters. The molecule has 0 saturated heterocycles. The van der Waals surface area contributed by atoms with Gasteiger partial charge in [-0.3, -0.25) is 4.98 Å². The van der Waals surface area contributed by atoms with Crippen molar-refractivity contribution in [2.45, 2.75) is 39.7 Å². The third-order valence-corrected chi connectivity index (χ3v) is 6.11. The van der Waals surface area contributed by atoms with Crippen molar-refractivity contribution in [1.29, 1.82) is 0 Å². The average molecular weight is 446 g/mol. The number of hydrogen-bond donors (Lipinski definition) is 2. The number of hydrogen-bond acceptors (Lipinski definition) is 4. The zero-order chi connectivity index (χ0) is 23.4. The molecule has 0 unspecified atom stereocenters. The summed E-state index contributed by atoms with van der Waals surface area (Å²) < 4.78 is 15.8. The molecule has 0 saturated carbocycles. The Labute approximate surface area is 194 Å². The van der Waals surface area contributed by atoms with Crippen LogP contribution in [0.5, 0.6) is 0 Å². The lowest BCUT2D eigenvalue weighted by atomic mass is 9.93. The quantitative estimate of drug-likeness (QED) is 0.344. The molecule has 0 fully saturated rings. The molecule has 4 aromatic rings. The lowest BCUT2D eigenvalue weighted by Gasteiger charge is -2.15. The van der Waals surface area contributed by atoms with Crippen LogP contribution in [0.1, 0.15) is 36.0 Å². The predicted molar refractivity (Wildman–Crippen MR) is 133 cm³/mol. The number of nitrogens with two attached hydrogens (primary N) is 1. The van der Waals surface area contributed by atoms with Crippen LogP contribution in [0, 0.1) is 19.7 Å². The third kappa shape index (κ3) is 4.97. The van der Waals surface area contributed by atoms with Gasteiger partial charge in [-0.05, 0) is 74.7 Å². The molecule has 2 aromatic carbocycles. The van der Waals surface area contributed by atoms with Gasteiger partial charge in [-0.15, -0.1) is 0 Å². The molecule has 2 aromatic heterocycles. The second-order valence-electron chi connectivity index (χ2n) is 8.70. The zero-order valence-corrected chi connectivity index (χ0v) is 19.7. The van der Waals surface area contributed by atoms with E-state index in [1.54, 1.807) is 12.3 Å². The number of rotatable bonds is 9. The number of fused-ring (bicyclic) bond motifs is 1. The number of imidazole rings is 1. The third-order valence-electron chi connectivity index (χ3n) is 6.11. The van der Waals surface area contributed by atoms with Gasteiger partial charge in [0.15, 0.2) is 0 Å². The summed E-state index contributed by atoms with van der Waals surface area (Å²) in [6.45, 7) is 6.90. The summed E-state index contributed by atoms with van der Waals surface area (Å²) in [5, 5.41) is 4.45. The molecule has 0 bridgehead atoms. The van der Waals surface area contributed by atoms with Crippen molar-refractivity contribution in [3.8, 4) is 22.5 Å². The summed E-state index contributed by atoms with van der Waals surface area (Å²) in [5.41, 5.74) is 13.9. The topological polar surface area (TPSA) is 68.8 Å². The fraction of sp³-hybridized carbons (Fsp3) is 0.333. The Morgan fingerprint density at radius 1 is 1.00 bits per heavy atom. The molecule has 172 valence electrons. The smallest absolute Gasteiger partial charge is 0.125 e. The molecule has 2 heterocycles. The number of pyridine rings is 1. The van der Waals surface area contributed by atoms with Gasteiger partial charge in [-0.1, -0.05) is 18.6 Å². The van der Waals surface area contributed by atoms with E-state index in [4.69, 9.17) is 10.7 Å². The Bertz CT molecular complexity index is 1240. The predicted octanol–water partition coefficient (Wildman–Crippen LogP) is 5.28. The molecule has 33 heavy (non-hydrogen) atoms. The van der Waals surface area contributed by atoms with Gasteiger partial charge >= 0.3 is 0 Å². The lowest BCUT2D eigenvalue weighted by molar-refractivity contribution is 0.606. The minimum atomic E-state index is -0.285. The average Bonchev–Trinajstić information content (AvgIpc) is 3.15. The first-order valence-electron chi connectivity index (χ1n) is 11.6. The summed E-state index contributed by atoms with van der Waals surface area (Å²) in [4.78, 5) is 9.15. The SMILES string of the molecule is Cc1cc(CNCCCCCN)cc(C)c1-c1ncn(C)c1-c1ccnc2cc(F)ccc12. The van der Waals surface area contributed by atoms with Gasteiger partial charge in [0.05, 0.1) is 23.2 Å². The number of aromatic nitrogens is 3. The van der Waals surface area contributed by atoms with Gasteiger partial charge in [-0.25, -0.2) is 9.37 Å². The van der Waals surface area contributed by atoms with Crippen LogP contribution in [0.15, 0.2) is 48.9 Å². The van der Waals surface area contributed by atoms with Crippen molar-refractivity contribution >= 4 is 10.9 Å². The fourth-order valence-corrected chi connectivity index (χ4v) is 4.59. The highest BCUT2D eigenvalue weighted by Gasteiger charge is 2.19. The highest BCUT2D eigenvalue weighted by molar-refractivity contribution is 5.97. The second kappa shape index (κ2) is 10.2. The van der Waals surface area contributed by atoms with Gasteiger partial charge in [-0.2, -0.15) is 0 Å². The van der Waals surface area contributed by atoms with Crippen molar-refractivity contribution in [2.75, 3.05) is 13.1 Å². The van der Waals surface area contributed by atoms with Crippen LogP contribution in [0.25, 0.3) is 33.4 Å². The molecule has 0 aliphatic carbocycles. The summed E-state index contributed by atoms with van der Waals surface area (Å²) in [6, 6.07) is 11.2. The second-order valence-corrected chi connectivity index (χ2v) is 8.70. The van der Waals surface area contributed by atoms with Gasteiger partial charge in [0.1, 0.15) is 5.82 Å². The Morgan fingerprint density at radius 3 is 2.55 bits per heavy atom. The molecule has 5 nitrogen and oxygen atoms in total. The number of nitrogens with one attached hydrogen (secondary N) is 1. The van der Waals surface area contributed by atoms with E-state index in [2.05, 4.69) is 36.3 Å². The van der Waals surface area contributed by atoms with E-state index < -0.39 is 0 Å². The van der Waals surface area contributed by atoms with E-state index in [0.29, 0.717) is 5.52 Å². The maximum atomic E-state index is 13.8. The van der Waals surface area contributed by atoms with Crippen LogP contribution >= 0.6 is 0 Å². The van der Waals surface area contributed by atoms with Crippen molar-refractivity contribution in [3.63, 3.8) is 0 Å². The summed E-state index contributed by atoms with van der Waals surface area (Å²) in [5.74, 6) is -0.285. The number of nitrogens with zero attached hydrogens (tertiary/aromatic N) is 3. The van der Waals surface area contributed by atoms with E-state index >= 15 is 0 Å². The number of unbranched alkanes of at least 4 members (excludes halogenated alkanes) is 2. The van der Waals surface area contributed by atoms with Gasteiger partial charge in [0.25, 0.3) is 0 Å². The van der Waals surface area contributed by atoms with E-state index in [0.717, 1.165) is 60.4 Å². The van der Waals surface area contributed by atoms with Crippen LogP contribution in [0.3, 0.4) is 0 Å². The van der Waals surface area contributed by atoms with Crippen molar-refractivity contribution < 1.29 is 4.39 Å². The molecular formula is C27H32FN5. The molecule has 0 aliphatic heterocycles. The fourth-order valence-electron chi connectivity index (χ4n) is 4.59. The van der Waals surface area contributed by atoms with Crippen LogP contribution in [-0.2, 0) is 13.6 Å². The number of aryl methyl sites for hydroxylation is 3. The highest BCUT2D eigenvalue weighted by Crippen LogP contribution is 2.37. The van der Waals surface area contributed by atoms with E-state index in [1.807, 2.05) is 24.0 Å². The van der Waals surface area contributed by atoms with Crippen LogP contribution in [0.2, 0.25) is 0 Å². The molecule has 4 rings (SSSR count). The first-order valence-corrected chi connectivity index (χ1v) is 11.6. The largest absolute Gasteiger partial charge is 0.333 e. The lowest BCUT2D eigenvalue weighted by Crippen LogP contribution is -2.15. The van der Waals surface area contributed by atoms with Crippen LogP contribution in [0.4, 0.5) is 4.39 Å². The first kappa shape index (κ1) is 23.1. The highest BCUT2D eigenvalue weighted by atomic mass is 19.1. The maximum Gasteiger partial charge on any atom is 0.125 e. The van der Waals surface area contributed by atoms with E-state index in [9.17, 15) is 4.39 Å². The Morgan fingerprint density at radius 2 is 1.79 bits per heavy atom. The summed E-state index contributed by atoms with van der Waals surface area (Å²) in [6.07, 6.45) is 6.97. The van der Waals surface area contributed by atoms with Gasteiger partial charge in [0.2, 0.25) is 0 Å². The van der Waals surface area contributed by atoms with Crippen molar-refractivity contribution in [2.24, 2.45) is 12.8 Å². The number of benzene rings is 2. The standard InChI is InChI=1S/C27H32FN5/c1-18-13-20(16-30-11-6-4-5-10-29)14-19(2)25(18)26-27(33(3)17-32-26)23-9-12-31-24-15-21(28)7-8-22(23)24/h7-9,12-15,17,30H,4-6,10-11,16,29H2,1-3H3. The van der Waals surface area contributed by atoms with Gasteiger partial charge in [0, 0.05) is 42.4 Å². The molecule has 0 spiro atoms. The van der Waals surface area contributed by atoms with Crippen LogP contribution in [-0.4, -0.2) is 27.6 Å². The first-order chi connectivity index (χ1) is 16.0. The molecule has 0 radical (unpaired) electrons. The molecule has 3 N–H and O–H groups in total. The normalized spacial score (nSPS) is 11.4. The Kier molecular flexibility index (Phi) is 7.16. The van der Waals surface area contributed by atoms with E-state index in [1.165, 1.54) is 35.2 Å². The maximum absolute atomic E-state index is 13.8. The minimum absolute atomic E-state index is 0.285. The van der Waals surface area contributed by atoms with Crippen molar-refractivity contribution in [3.05, 3.63) is 71.4 Å². The monoisotopic (exact) mass is 445 g/mol. The minimum Gasteiger partial charge on any atom is -0.333 e. The zero-order valence-electron chi connectivity index (χ0n) is 19.7.